The van der Waals surface area contributed by atoms with Gasteiger partial charge in [-0.2, -0.15) is 4.37 Å². The number of piperazine rings is 1. The molecule has 2 unspecified atom stereocenters. The zero-order valence-electron chi connectivity index (χ0n) is 17.3. The Balaban J connectivity index is 1.09. The number of nitrogens with one attached hydrogen (secondary N) is 1. The molecule has 1 aromatic carbocycles. The predicted molar refractivity (Wildman–Crippen MR) is 119 cm³/mol. The zero-order chi connectivity index (χ0) is 19.8. The largest absolute Gasteiger partial charge is 0.366 e. The van der Waals surface area contributed by atoms with Crippen LogP contribution < -0.4 is 10.2 Å². The van der Waals surface area contributed by atoms with Crippen LogP contribution in [0.15, 0.2) is 18.2 Å². The Morgan fingerprint density at radius 3 is 2.60 bits per heavy atom. The maximum absolute atomic E-state index is 13.0. The van der Waals surface area contributed by atoms with E-state index >= 15 is 0 Å². The fraction of sp³-hybridized carbons (Fsp3) is 0.652. The molecule has 7 heteroatoms. The first-order valence-electron chi connectivity index (χ1n) is 11.7. The van der Waals surface area contributed by atoms with Crippen molar-refractivity contribution in [2.75, 3.05) is 37.6 Å². The number of benzene rings is 1. The fourth-order valence-corrected chi connectivity index (χ4v) is 7.31. The molecule has 6 aliphatic rings. The maximum Gasteiger partial charge on any atom is 0.271 e. The van der Waals surface area contributed by atoms with Gasteiger partial charge in [-0.15, -0.1) is 0 Å². The predicted octanol–water partition coefficient (Wildman–Crippen LogP) is 2.55. The van der Waals surface area contributed by atoms with Crippen molar-refractivity contribution in [1.29, 1.82) is 0 Å². The molecule has 6 heterocycles. The third-order valence-electron chi connectivity index (χ3n) is 8.27. The number of piperidine rings is 3. The molecule has 0 radical (unpaired) electrons. The molecule has 2 aromatic rings. The van der Waals surface area contributed by atoms with E-state index in [0.29, 0.717) is 17.7 Å². The molecule has 6 nitrogen and oxygen atoms in total. The second-order valence-corrected chi connectivity index (χ2v) is 10.9. The number of fused-ring (bicyclic) bond motifs is 6. The van der Waals surface area contributed by atoms with Crippen molar-refractivity contribution < 1.29 is 4.79 Å². The van der Waals surface area contributed by atoms with Crippen LogP contribution in [-0.2, 0) is 0 Å². The minimum absolute atomic E-state index is 0.00746. The van der Waals surface area contributed by atoms with Gasteiger partial charge in [0.15, 0.2) is 0 Å². The molecule has 1 N–H and O–H groups in total. The monoisotopic (exact) mass is 423 g/mol. The van der Waals surface area contributed by atoms with Gasteiger partial charge < -0.3 is 15.1 Å². The SMILES string of the molecule is O=C(N[C@H]1CN2CCC1CC2)c1nsc2cc(N3CC4CC3CN4C3CC3)ccc12. The Morgan fingerprint density at radius 2 is 1.90 bits per heavy atom. The molecule has 1 aliphatic carbocycles. The number of likely N-dealkylation sites (tertiary alicyclic amines) is 1. The zero-order valence-corrected chi connectivity index (χ0v) is 18.1. The molecule has 6 fully saturated rings. The molecule has 5 aliphatic heterocycles. The highest BCUT2D eigenvalue weighted by Crippen LogP contribution is 2.41. The van der Waals surface area contributed by atoms with Gasteiger partial charge in [-0.3, -0.25) is 9.69 Å². The number of anilines is 1. The standard InChI is InChI=1S/C23H29N5OS/c29-23(24-20-13-26-7-5-14(20)6-8-26)22-19-4-3-16(10-21(19)30-25-22)28-12-17-9-18(28)11-27(17)15-1-2-15/h3-4,10,14-15,17-18,20H,1-2,5-9,11-13H2,(H,24,29)/t17?,18?,20-/m0/s1. The van der Waals surface area contributed by atoms with Gasteiger partial charge in [0.1, 0.15) is 5.69 Å². The van der Waals surface area contributed by atoms with E-state index < -0.39 is 0 Å². The van der Waals surface area contributed by atoms with Crippen molar-refractivity contribution in [3.05, 3.63) is 23.9 Å². The number of amides is 1. The van der Waals surface area contributed by atoms with Gasteiger partial charge in [-0.1, -0.05) is 0 Å². The van der Waals surface area contributed by atoms with Crippen molar-refractivity contribution in [3.8, 4) is 0 Å². The number of hydrogen-bond acceptors (Lipinski definition) is 6. The van der Waals surface area contributed by atoms with Crippen molar-refractivity contribution in [1.82, 2.24) is 19.5 Å². The summed E-state index contributed by atoms with van der Waals surface area (Å²) >= 11 is 1.47. The Morgan fingerprint density at radius 1 is 1.03 bits per heavy atom. The van der Waals surface area contributed by atoms with Crippen LogP contribution in [0.5, 0.6) is 0 Å². The highest BCUT2D eigenvalue weighted by atomic mass is 32.1. The average Bonchev–Trinajstić information content (AvgIpc) is 3.22. The van der Waals surface area contributed by atoms with Crippen molar-refractivity contribution in [3.63, 3.8) is 0 Å². The minimum Gasteiger partial charge on any atom is -0.366 e. The molecule has 4 bridgehead atoms. The molecule has 158 valence electrons. The topological polar surface area (TPSA) is 51.7 Å². The van der Waals surface area contributed by atoms with Gasteiger partial charge in [-0.25, -0.2) is 0 Å². The average molecular weight is 424 g/mol. The summed E-state index contributed by atoms with van der Waals surface area (Å²) in [4.78, 5) is 20.8. The molecule has 0 spiro atoms. The number of rotatable bonds is 4. The summed E-state index contributed by atoms with van der Waals surface area (Å²) in [5, 5.41) is 4.31. The van der Waals surface area contributed by atoms with Gasteiger partial charge in [0.2, 0.25) is 0 Å². The molecular formula is C23H29N5OS. The maximum atomic E-state index is 13.0. The first-order chi connectivity index (χ1) is 14.7. The van der Waals surface area contributed by atoms with Crippen LogP contribution in [0.3, 0.4) is 0 Å². The molecule has 1 aromatic heterocycles. The van der Waals surface area contributed by atoms with E-state index in [0.717, 1.165) is 35.3 Å². The number of aromatic nitrogens is 1. The van der Waals surface area contributed by atoms with Crippen LogP contribution in [0, 0.1) is 5.92 Å². The smallest absolute Gasteiger partial charge is 0.271 e. The molecule has 30 heavy (non-hydrogen) atoms. The lowest BCUT2D eigenvalue weighted by atomic mass is 9.84. The van der Waals surface area contributed by atoms with E-state index in [1.807, 2.05) is 0 Å². The third-order valence-corrected chi connectivity index (χ3v) is 9.08. The van der Waals surface area contributed by atoms with Crippen LogP contribution in [0.4, 0.5) is 5.69 Å². The Hall–Kier alpha value is -1.70. The van der Waals surface area contributed by atoms with E-state index in [1.54, 1.807) is 0 Å². The van der Waals surface area contributed by atoms with Crippen LogP contribution >= 0.6 is 11.5 Å². The summed E-state index contributed by atoms with van der Waals surface area (Å²) < 4.78 is 5.70. The summed E-state index contributed by atoms with van der Waals surface area (Å²) in [6.45, 7) is 5.76. The quantitative estimate of drug-likeness (QED) is 0.819. The Kier molecular flexibility index (Phi) is 3.97. The fourth-order valence-electron chi connectivity index (χ4n) is 6.50. The highest BCUT2D eigenvalue weighted by Gasteiger charge is 2.48. The van der Waals surface area contributed by atoms with Crippen LogP contribution in [0.25, 0.3) is 10.1 Å². The molecule has 1 amide bonds. The van der Waals surface area contributed by atoms with Crippen molar-refractivity contribution >= 4 is 33.2 Å². The molecule has 8 rings (SSSR count). The number of nitrogens with zero attached hydrogens (tertiary/aromatic N) is 4. The summed E-state index contributed by atoms with van der Waals surface area (Å²) in [6, 6.07) is 9.16. The van der Waals surface area contributed by atoms with E-state index in [1.165, 1.54) is 69.0 Å². The molecule has 1 saturated carbocycles. The van der Waals surface area contributed by atoms with Crippen molar-refractivity contribution in [2.24, 2.45) is 5.92 Å². The van der Waals surface area contributed by atoms with Gasteiger partial charge in [0.05, 0.1) is 4.70 Å². The van der Waals surface area contributed by atoms with Crippen LogP contribution in [0.2, 0.25) is 0 Å². The summed E-state index contributed by atoms with van der Waals surface area (Å²) in [6.07, 6.45) is 6.54. The Bertz CT molecular complexity index is 995. The number of carbonyl (C=O) groups excluding carboxylic acids is 1. The van der Waals surface area contributed by atoms with Crippen molar-refractivity contribution in [2.45, 2.75) is 56.3 Å². The normalized spacial score (nSPS) is 35.5. The van der Waals surface area contributed by atoms with Gasteiger partial charge in [0.25, 0.3) is 5.91 Å². The summed E-state index contributed by atoms with van der Waals surface area (Å²) in [7, 11) is 0. The second kappa shape index (κ2) is 6.65. The highest BCUT2D eigenvalue weighted by molar-refractivity contribution is 7.13. The number of carbonyl (C=O) groups is 1. The van der Waals surface area contributed by atoms with E-state index in [-0.39, 0.29) is 11.9 Å². The second-order valence-electron chi connectivity index (χ2n) is 10.1. The first-order valence-corrected chi connectivity index (χ1v) is 12.5. The number of hydrogen-bond donors (Lipinski definition) is 1. The lowest BCUT2D eigenvalue weighted by molar-refractivity contribution is 0.0619. The lowest BCUT2D eigenvalue weighted by Crippen LogP contribution is -2.57. The van der Waals surface area contributed by atoms with Gasteiger partial charge in [0, 0.05) is 54.9 Å². The molecule has 5 saturated heterocycles. The third kappa shape index (κ3) is 2.82. The van der Waals surface area contributed by atoms with Crippen LogP contribution in [-0.4, -0.2) is 77.0 Å². The lowest BCUT2D eigenvalue weighted by Gasteiger charge is -2.44. The molecular weight excluding hydrogens is 394 g/mol. The minimum atomic E-state index is 0.00746. The van der Waals surface area contributed by atoms with E-state index in [2.05, 4.69) is 42.6 Å². The summed E-state index contributed by atoms with van der Waals surface area (Å²) in [5.74, 6) is 0.643. The van der Waals surface area contributed by atoms with E-state index in [9.17, 15) is 4.79 Å². The van der Waals surface area contributed by atoms with Crippen LogP contribution in [0.1, 0.15) is 42.6 Å². The van der Waals surface area contributed by atoms with Gasteiger partial charge >= 0.3 is 0 Å². The van der Waals surface area contributed by atoms with Gasteiger partial charge in [-0.05, 0) is 80.8 Å². The van der Waals surface area contributed by atoms with E-state index in [4.69, 9.17) is 0 Å². The molecule has 3 atom stereocenters. The Labute approximate surface area is 181 Å². The first kappa shape index (κ1) is 17.9. The summed E-state index contributed by atoms with van der Waals surface area (Å²) in [5.41, 5.74) is 1.92.